The number of hydrogen-bond acceptors (Lipinski definition) is 3. The monoisotopic (exact) mass is 379 g/mol. The number of hydrogen-bond donors (Lipinski definition) is 3. The van der Waals surface area contributed by atoms with Gasteiger partial charge in [-0.3, -0.25) is 25.2 Å². The molecule has 0 spiro atoms. The highest BCUT2D eigenvalue weighted by molar-refractivity contribution is 6.04. The minimum absolute atomic E-state index is 0.0201. The molecule has 0 saturated heterocycles. The fraction of sp³-hybridized carbons (Fsp3) is 0.318. The Morgan fingerprint density at radius 1 is 0.821 bits per heavy atom. The van der Waals surface area contributed by atoms with E-state index in [0.717, 1.165) is 31.2 Å². The molecule has 2 aromatic rings. The summed E-state index contributed by atoms with van der Waals surface area (Å²) < 4.78 is 0. The van der Waals surface area contributed by atoms with Gasteiger partial charge in [0.05, 0.1) is 0 Å². The summed E-state index contributed by atoms with van der Waals surface area (Å²) in [5, 5.41) is 2.80. The average molecular weight is 379 g/mol. The molecule has 1 saturated carbocycles. The van der Waals surface area contributed by atoms with Gasteiger partial charge in [0.1, 0.15) is 0 Å². The Bertz CT molecular complexity index is 856. The van der Waals surface area contributed by atoms with E-state index in [1.807, 2.05) is 25.1 Å². The molecule has 1 aliphatic rings. The third-order valence-electron chi connectivity index (χ3n) is 4.96. The molecule has 0 radical (unpaired) electrons. The van der Waals surface area contributed by atoms with Crippen LogP contribution in [0.2, 0.25) is 0 Å². The van der Waals surface area contributed by atoms with E-state index in [-0.39, 0.29) is 23.6 Å². The van der Waals surface area contributed by atoms with Crippen molar-refractivity contribution in [3.63, 3.8) is 0 Å². The molecule has 28 heavy (non-hydrogen) atoms. The van der Waals surface area contributed by atoms with Gasteiger partial charge in [-0.25, -0.2) is 0 Å². The highest BCUT2D eigenvalue weighted by Crippen LogP contribution is 2.23. The van der Waals surface area contributed by atoms with Gasteiger partial charge in [-0.05, 0) is 56.2 Å². The van der Waals surface area contributed by atoms with Crippen molar-refractivity contribution in [1.82, 2.24) is 10.9 Å². The van der Waals surface area contributed by atoms with Gasteiger partial charge < -0.3 is 5.32 Å². The molecular weight excluding hydrogens is 354 g/mol. The Morgan fingerprint density at radius 2 is 1.54 bits per heavy atom. The first-order valence-electron chi connectivity index (χ1n) is 9.61. The summed E-state index contributed by atoms with van der Waals surface area (Å²) in [6.45, 7) is 1.93. The number of anilines is 1. The maximum Gasteiger partial charge on any atom is 0.269 e. The first kappa shape index (κ1) is 19.6. The van der Waals surface area contributed by atoms with Gasteiger partial charge in [0.25, 0.3) is 11.8 Å². The van der Waals surface area contributed by atoms with Crippen LogP contribution in [0.15, 0.2) is 48.5 Å². The smallest absolute Gasteiger partial charge is 0.269 e. The molecule has 6 heteroatoms. The largest absolute Gasteiger partial charge is 0.322 e. The van der Waals surface area contributed by atoms with Gasteiger partial charge in [-0.15, -0.1) is 0 Å². The van der Waals surface area contributed by atoms with Crippen molar-refractivity contribution in [3.05, 3.63) is 65.2 Å². The Kier molecular flexibility index (Phi) is 6.42. The molecule has 3 amide bonds. The third kappa shape index (κ3) is 5.19. The number of hydrazine groups is 1. The van der Waals surface area contributed by atoms with E-state index >= 15 is 0 Å². The molecule has 0 aliphatic heterocycles. The predicted octanol–water partition coefficient (Wildman–Crippen LogP) is 3.59. The molecule has 2 aromatic carbocycles. The van der Waals surface area contributed by atoms with E-state index in [2.05, 4.69) is 16.2 Å². The number of nitrogens with one attached hydrogen (secondary N) is 3. The van der Waals surface area contributed by atoms with Gasteiger partial charge in [0.15, 0.2) is 0 Å². The van der Waals surface area contributed by atoms with E-state index in [1.54, 1.807) is 30.3 Å². The molecule has 0 atom stereocenters. The van der Waals surface area contributed by atoms with Gasteiger partial charge >= 0.3 is 0 Å². The summed E-state index contributed by atoms with van der Waals surface area (Å²) in [7, 11) is 0. The van der Waals surface area contributed by atoms with E-state index < -0.39 is 0 Å². The van der Waals surface area contributed by atoms with Crippen molar-refractivity contribution in [2.24, 2.45) is 5.92 Å². The molecule has 1 aliphatic carbocycles. The molecule has 3 rings (SSSR count). The van der Waals surface area contributed by atoms with E-state index in [0.29, 0.717) is 16.8 Å². The average Bonchev–Trinajstić information content (AvgIpc) is 2.73. The van der Waals surface area contributed by atoms with Crippen LogP contribution < -0.4 is 16.2 Å². The molecule has 0 bridgehead atoms. The van der Waals surface area contributed by atoms with Crippen LogP contribution in [-0.2, 0) is 4.79 Å². The Morgan fingerprint density at radius 3 is 2.21 bits per heavy atom. The normalized spacial score (nSPS) is 14.2. The van der Waals surface area contributed by atoms with E-state index in [9.17, 15) is 14.4 Å². The van der Waals surface area contributed by atoms with Crippen LogP contribution in [0.3, 0.4) is 0 Å². The Balaban J connectivity index is 1.52. The maximum absolute atomic E-state index is 12.3. The number of amides is 3. The summed E-state index contributed by atoms with van der Waals surface area (Å²) in [5.74, 6) is -0.746. The number of benzene rings is 2. The minimum Gasteiger partial charge on any atom is -0.322 e. The van der Waals surface area contributed by atoms with Crippen molar-refractivity contribution in [1.29, 1.82) is 0 Å². The molecule has 3 N–H and O–H groups in total. The van der Waals surface area contributed by atoms with Crippen molar-refractivity contribution in [2.45, 2.75) is 39.0 Å². The van der Waals surface area contributed by atoms with Crippen LogP contribution in [-0.4, -0.2) is 17.7 Å². The summed E-state index contributed by atoms with van der Waals surface area (Å²) in [4.78, 5) is 36.6. The summed E-state index contributed by atoms with van der Waals surface area (Å²) in [5.41, 5.74) is 7.56. The zero-order valence-corrected chi connectivity index (χ0v) is 16.0. The van der Waals surface area contributed by atoms with Gasteiger partial charge in [0.2, 0.25) is 5.91 Å². The lowest BCUT2D eigenvalue weighted by Crippen LogP contribution is -2.44. The highest BCUT2D eigenvalue weighted by Gasteiger charge is 2.21. The van der Waals surface area contributed by atoms with Crippen LogP contribution in [0.4, 0.5) is 5.69 Å². The molecule has 1 fully saturated rings. The predicted molar refractivity (Wildman–Crippen MR) is 108 cm³/mol. The second-order valence-corrected chi connectivity index (χ2v) is 7.18. The lowest BCUT2D eigenvalue weighted by molar-refractivity contribution is -0.126. The van der Waals surface area contributed by atoms with Crippen LogP contribution in [0.1, 0.15) is 58.4 Å². The van der Waals surface area contributed by atoms with Crippen LogP contribution in [0, 0.1) is 12.8 Å². The molecule has 0 unspecified atom stereocenters. The van der Waals surface area contributed by atoms with Gasteiger partial charge in [-0.1, -0.05) is 37.0 Å². The highest BCUT2D eigenvalue weighted by atomic mass is 16.2. The topological polar surface area (TPSA) is 87.3 Å². The summed E-state index contributed by atoms with van der Waals surface area (Å²) in [6, 6.07) is 13.8. The molecule has 146 valence electrons. The second-order valence-electron chi connectivity index (χ2n) is 7.18. The summed E-state index contributed by atoms with van der Waals surface area (Å²) >= 11 is 0. The molecule has 0 aromatic heterocycles. The first-order valence-corrected chi connectivity index (χ1v) is 9.61. The lowest BCUT2D eigenvalue weighted by atomic mass is 9.89. The van der Waals surface area contributed by atoms with Gasteiger partial charge in [-0.2, -0.15) is 0 Å². The third-order valence-corrected chi connectivity index (χ3v) is 4.96. The van der Waals surface area contributed by atoms with Crippen molar-refractivity contribution < 1.29 is 14.4 Å². The zero-order valence-electron chi connectivity index (χ0n) is 16.0. The standard InChI is InChI=1S/C22H25N3O3/c1-15-6-5-9-18(14-15)20(26)23-19-12-10-17(11-13-19)22(28)25-24-21(27)16-7-3-2-4-8-16/h5-6,9-14,16H,2-4,7-8H2,1H3,(H,23,26)(H,24,27)(H,25,28). The number of carbonyl (C=O) groups is 3. The SMILES string of the molecule is Cc1cccc(C(=O)Nc2ccc(C(=O)NNC(=O)C3CCCCC3)cc2)c1. The number of aryl methyl sites for hydroxylation is 1. The Hall–Kier alpha value is -3.15. The van der Waals surface area contributed by atoms with E-state index in [4.69, 9.17) is 0 Å². The molecule has 6 nitrogen and oxygen atoms in total. The van der Waals surface area contributed by atoms with Crippen LogP contribution in [0.5, 0.6) is 0 Å². The number of rotatable bonds is 4. The fourth-order valence-corrected chi connectivity index (χ4v) is 3.35. The van der Waals surface area contributed by atoms with Crippen molar-refractivity contribution >= 4 is 23.4 Å². The lowest BCUT2D eigenvalue weighted by Gasteiger charge is -2.20. The quantitative estimate of drug-likeness (QED) is 0.710. The van der Waals surface area contributed by atoms with E-state index in [1.165, 1.54) is 6.42 Å². The maximum atomic E-state index is 12.3. The summed E-state index contributed by atoms with van der Waals surface area (Å²) in [6.07, 6.45) is 5.03. The number of carbonyl (C=O) groups excluding carboxylic acids is 3. The van der Waals surface area contributed by atoms with Crippen LogP contribution in [0.25, 0.3) is 0 Å². The Labute approximate surface area is 164 Å². The zero-order chi connectivity index (χ0) is 19.9. The van der Waals surface area contributed by atoms with Crippen LogP contribution >= 0.6 is 0 Å². The second kappa shape index (κ2) is 9.17. The fourth-order valence-electron chi connectivity index (χ4n) is 3.35. The molecule has 0 heterocycles. The minimum atomic E-state index is -0.388. The van der Waals surface area contributed by atoms with Crippen molar-refractivity contribution in [2.75, 3.05) is 5.32 Å². The van der Waals surface area contributed by atoms with Crippen molar-refractivity contribution in [3.8, 4) is 0 Å². The van der Waals surface area contributed by atoms with Gasteiger partial charge in [0, 0.05) is 22.7 Å². The molecular formula is C22H25N3O3. The first-order chi connectivity index (χ1) is 13.5.